The molecular weight excluding hydrogens is 270 g/mol. The van der Waals surface area contributed by atoms with Gasteiger partial charge in [0.05, 0.1) is 5.69 Å². The van der Waals surface area contributed by atoms with Crippen LogP contribution < -0.4 is 0 Å². The van der Waals surface area contributed by atoms with Gasteiger partial charge in [-0.25, -0.2) is 4.68 Å². The number of aromatic nitrogens is 4. The van der Waals surface area contributed by atoms with Gasteiger partial charge >= 0.3 is 0 Å². The van der Waals surface area contributed by atoms with Gasteiger partial charge in [-0.15, -0.1) is 0 Å². The maximum absolute atomic E-state index is 5.55. The number of H-pyrrole nitrogens is 1. The molecule has 110 valence electrons. The van der Waals surface area contributed by atoms with Crippen LogP contribution in [0.25, 0.3) is 11.2 Å². The Morgan fingerprint density at radius 3 is 2.60 bits per heavy atom. The summed E-state index contributed by atoms with van der Waals surface area (Å²) < 4.78 is 5.11. The summed E-state index contributed by atoms with van der Waals surface area (Å²) in [5.74, 6) is 0. The van der Waals surface area contributed by atoms with Gasteiger partial charge in [-0.05, 0) is 59.4 Å². The zero-order chi connectivity index (χ0) is 14.5. The van der Waals surface area contributed by atoms with Crippen LogP contribution in [0.5, 0.6) is 0 Å². The van der Waals surface area contributed by atoms with Crippen LogP contribution in [0.1, 0.15) is 31.9 Å². The van der Waals surface area contributed by atoms with Crippen LogP contribution in [-0.4, -0.2) is 43.9 Å². The van der Waals surface area contributed by atoms with E-state index in [2.05, 4.69) is 45.3 Å². The van der Waals surface area contributed by atoms with Gasteiger partial charge in [0, 0.05) is 18.6 Å². The van der Waals surface area contributed by atoms with E-state index >= 15 is 0 Å². The number of likely N-dealkylation sites (N-methyl/N-ethyl adjacent to an activating group) is 1. The van der Waals surface area contributed by atoms with Crippen molar-refractivity contribution in [1.82, 2.24) is 24.2 Å². The Hall–Kier alpha value is -1.14. The minimum atomic E-state index is 0.254. The second-order valence-corrected chi connectivity index (χ2v) is 6.48. The summed E-state index contributed by atoms with van der Waals surface area (Å²) in [4.78, 5) is 5.69. The van der Waals surface area contributed by atoms with Crippen LogP contribution in [0.3, 0.4) is 0 Å². The van der Waals surface area contributed by atoms with Crippen LogP contribution in [0.15, 0.2) is 0 Å². The minimum Gasteiger partial charge on any atom is -0.328 e. The molecule has 0 aromatic carbocycles. The topological polar surface area (TPSA) is 41.8 Å². The number of fused-ring (bicyclic) bond motifs is 1. The smallest absolute Gasteiger partial charge is 0.179 e. The fourth-order valence-electron chi connectivity index (χ4n) is 3.25. The number of hydrogen-bond acceptors (Lipinski definition) is 3. The van der Waals surface area contributed by atoms with Crippen LogP contribution in [0.2, 0.25) is 0 Å². The van der Waals surface area contributed by atoms with Gasteiger partial charge in [0.15, 0.2) is 10.4 Å². The van der Waals surface area contributed by atoms with Crippen molar-refractivity contribution in [3.05, 3.63) is 10.5 Å². The maximum Gasteiger partial charge on any atom is 0.179 e. The summed E-state index contributed by atoms with van der Waals surface area (Å²) in [6.45, 7) is 5.97. The van der Waals surface area contributed by atoms with Crippen molar-refractivity contribution in [3.8, 4) is 0 Å². The maximum atomic E-state index is 5.55. The molecular formula is C14H23N5S. The summed E-state index contributed by atoms with van der Waals surface area (Å²) >= 11 is 5.55. The highest BCUT2D eigenvalue weighted by Gasteiger charge is 2.40. The van der Waals surface area contributed by atoms with Gasteiger partial charge in [-0.2, -0.15) is 5.10 Å². The monoisotopic (exact) mass is 293 g/mol. The van der Waals surface area contributed by atoms with Crippen molar-refractivity contribution in [1.29, 1.82) is 0 Å². The zero-order valence-corrected chi connectivity index (χ0v) is 13.5. The van der Waals surface area contributed by atoms with Crippen molar-refractivity contribution in [2.24, 2.45) is 0 Å². The SMILES string of the molecule is CCn1nc(C)c2[nH]c(=S)n(CC3(N(C)C)CCC3)c21. The van der Waals surface area contributed by atoms with Gasteiger partial charge in [-0.3, -0.25) is 4.57 Å². The molecule has 0 amide bonds. The Morgan fingerprint density at radius 2 is 2.10 bits per heavy atom. The molecule has 2 aromatic heterocycles. The molecule has 20 heavy (non-hydrogen) atoms. The first kappa shape index (κ1) is 13.8. The number of rotatable bonds is 4. The van der Waals surface area contributed by atoms with Crippen LogP contribution in [-0.2, 0) is 13.1 Å². The Balaban J connectivity index is 2.11. The molecule has 0 unspecified atom stereocenters. The average Bonchev–Trinajstić information content (AvgIpc) is 2.82. The highest BCUT2D eigenvalue weighted by Crippen LogP contribution is 2.38. The van der Waals surface area contributed by atoms with Crippen LogP contribution in [0.4, 0.5) is 0 Å². The Bertz CT molecular complexity index is 686. The molecule has 2 heterocycles. The summed E-state index contributed by atoms with van der Waals surface area (Å²) in [5, 5.41) is 4.59. The fraction of sp³-hybridized carbons (Fsp3) is 0.714. The van der Waals surface area contributed by atoms with E-state index in [1.165, 1.54) is 19.3 Å². The first-order chi connectivity index (χ1) is 9.48. The number of imidazole rings is 1. The van der Waals surface area contributed by atoms with Gasteiger partial charge < -0.3 is 9.88 Å². The number of hydrogen-bond donors (Lipinski definition) is 1. The molecule has 0 aliphatic heterocycles. The molecule has 6 heteroatoms. The lowest BCUT2D eigenvalue weighted by molar-refractivity contribution is 0.0428. The molecule has 2 aromatic rings. The van der Waals surface area contributed by atoms with E-state index in [4.69, 9.17) is 12.2 Å². The Labute approximate surface area is 124 Å². The lowest BCUT2D eigenvalue weighted by atomic mass is 9.75. The molecule has 0 bridgehead atoms. The molecule has 0 radical (unpaired) electrons. The third kappa shape index (κ3) is 1.85. The van der Waals surface area contributed by atoms with E-state index in [-0.39, 0.29) is 5.54 Å². The Kier molecular flexibility index (Phi) is 3.25. The van der Waals surface area contributed by atoms with Crippen LogP contribution >= 0.6 is 12.2 Å². The van der Waals surface area contributed by atoms with Gasteiger partial charge in [0.2, 0.25) is 0 Å². The lowest BCUT2D eigenvalue weighted by Crippen LogP contribution is -2.53. The number of nitrogens with one attached hydrogen (secondary N) is 1. The third-order valence-corrected chi connectivity index (χ3v) is 5.14. The second-order valence-electron chi connectivity index (χ2n) is 6.09. The molecule has 0 spiro atoms. The standard InChI is InChI=1S/C14H23N5S/c1-5-19-12-11(10(2)16-19)15-13(20)18(12)9-14(17(3)4)7-6-8-14/h5-9H2,1-4H3,(H,15,20). The van der Waals surface area contributed by atoms with Crippen molar-refractivity contribution in [2.45, 2.75) is 51.7 Å². The van der Waals surface area contributed by atoms with Gasteiger partial charge in [0.1, 0.15) is 5.52 Å². The highest BCUT2D eigenvalue weighted by atomic mass is 32.1. The predicted molar refractivity (Wildman–Crippen MR) is 83.6 cm³/mol. The summed E-state index contributed by atoms with van der Waals surface area (Å²) in [6.07, 6.45) is 3.80. The van der Waals surface area contributed by atoms with Crippen LogP contribution in [0, 0.1) is 11.7 Å². The molecule has 1 N–H and O–H groups in total. The molecule has 0 atom stereocenters. The van der Waals surface area contributed by atoms with E-state index in [0.29, 0.717) is 0 Å². The first-order valence-electron chi connectivity index (χ1n) is 7.32. The van der Waals surface area contributed by atoms with E-state index < -0.39 is 0 Å². The van der Waals surface area contributed by atoms with Gasteiger partial charge in [-0.1, -0.05) is 0 Å². The van der Waals surface area contributed by atoms with Crippen molar-refractivity contribution >= 4 is 23.4 Å². The van der Waals surface area contributed by atoms with E-state index in [0.717, 1.165) is 34.7 Å². The quantitative estimate of drug-likeness (QED) is 0.881. The molecule has 1 aliphatic rings. The first-order valence-corrected chi connectivity index (χ1v) is 7.73. The highest BCUT2D eigenvalue weighted by molar-refractivity contribution is 7.71. The molecule has 5 nitrogen and oxygen atoms in total. The second kappa shape index (κ2) is 4.70. The normalized spacial score (nSPS) is 17.9. The molecule has 0 saturated heterocycles. The third-order valence-electron chi connectivity index (χ3n) is 4.82. The lowest BCUT2D eigenvalue weighted by Gasteiger charge is -2.47. The number of aromatic amines is 1. The number of aryl methyl sites for hydroxylation is 2. The van der Waals surface area contributed by atoms with Gasteiger partial charge in [0.25, 0.3) is 0 Å². The summed E-state index contributed by atoms with van der Waals surface area (Å²) in [5.41, 5.74) is 3.51. The van der Waals surface area contributed by atoms with Crippen molar-refractivity contribution in [3.63, 3.8) is 0 Å². The molecule has 1 fully saturated rings. The van der Waals surface area contributed by atoms with Crippen molar-refractivity contribution < 1.29 is 0 Å². The summed E-state index contributed by atoms with van der Waals surface area (Å²) in [7, 11) is 4.35. The average molecular weight is 293 g/mol. The van der Waals surface area contributed by atoms with E-state index in [1.807, 2.05) is 6.92 Å². The number of nitrogens with zero attached hydrogens (tertiary/aromatic N) is 4. The van der Waals surface area contributed by atoms with E-state index in [9.17, 15) is 0 Å². The molecule has 1 saturated carbocycles. The fourth-order valence-corrected chi connectivity index (χ4v) is 3.51. The van der Waals surface area contributed by atoms with Crippen molar-refractivity contribution in [2.75, 3.05) is 14.1 Å². The Morgan fingerprint density at radius 1 is 1.40 bits per heavy atom. The van der Waals surface area contributed by atoms with E-state index in [1.54, 1.807) is 0 Å². The zero-order valence-electron chi connectivity index (χ0n) is 12.7. The molecule has 3 rings (SSSR count). The predicted octanol–water partition coefficient (Wildman–Crippen LogP) is 2.71. The largest absolute Gasteiger partial charge is 0.328 e. The molecule has 1 aliphatic carbocycles. The minimum absolute atomic E-state index is 0.254. The summed E-state index contributed by atoms with van der Waals surface area (Å²) in [6, 6.07) is 0.